The van der Waals surface area contributed by atoms with Crippen LogP contribution in [0.25, 0.3) is 0 Å². The normalized spacial score (nSPS) is 28.9. The van der Waals surface area contributed by atoms with E-state index in [2.05, 4.69) is 43.3 Å². The third kappa shape index (κ3) is 6.22. The molecule has 3 rings (SSSR count). The molecule has 0 N–H and O–H groups in total. The zero-order valence-electron chi connectivity index (χ0n) is 16.9. The maximum absolute atomic E-state index is 8.64. The second-order valence-corrected chi connectivity index (χ2v) is 8.57. The molecule has 0 heterocycles. The first-order chi connectivity index (χ1) is 13.3. The van der Waals surface area contributed by atoms with Gasteiger partial charge in [-0.15, -0.1) is 0 Å². The van der Waals surface area contributed by atoms with Gasteiger partial charge in [0.2, 0.25) is 0 Å². The minimum atomic E-state index is 0.445. The third-order valence-corrected chi connectivity index (χ3v) is 6.57. The summed E-state index contributed by atoms with van der Waals surface area (Å²) >= 11 is 0. The van der Waals surface area contributed by atoms with Crippen LogP contribution in [0.2, 0.25) is 0 Å². The summed E-state index contributed by atoms with van der Waals surface area (Å²) in [6, 6.07) is 11.5. The van der Waals surface area contributed by atoms with Crippen LogP contribution in [-0.2, 0) is 11.2 Å². The molecule has 2 heteroatoms. The number of nitriles is 1. The van der Waals surface area contributed by atoms with Crippen molar-refractivity contribution in [3.05, 3.63) is 47.5 Å². The van der Waals surface area contributed by atoms with E-state index in [1.54, 1.807) is 6.08 Å². The van der Waals surface area contributed by atoms with E-state index in [4.69, 9.17) is 10.00 Å². The first-order valence-corrected chi connectivity index (χ1v) is 11.0. The maximum Gasteiger partial charge on any atom is 0.0908 e. The number of hydrogen-bond acceptors (Lipinski definition) is 2. The van der Waals surface area contributed by atoms with Gasteiger partial charge in [-0.2, -0.15) is 5.26 Å². The molecule has 0 unspecified atom stereocenters. The van der Waals surface area contributed by atoms with E-state index in [0.717, 1.165) is 31.3 Å². The summed E-state index contributed by atoms with van der Waals surface area (Å²) in [5.74, 6) is 2.08. The van der Waals surface area contributed by atoms with Gasteiger partial charge in [0.05, 0.1) is 12.2 Å². The Hall–Kier alpha value is -1.59. The van der Waals surface area contributed by atoms with Gasteiger partial charge in [0.25, 0.3) is 0 Å². The third-order valence-electron chi connectivity index (χ3n) is 6.57. The minimum Gasteiger partial charge on any atom is -0.378 e. The molecule has 1 aromatic carbocycles. The van der Waals surface area contributed by atoms with Crippen LogP contribution >= 0.6 is 0 Å². The van der Waals surface area contributed by atoms with Crippen molar-refractivity contribution in [2.45, 2.75) is 83.2 Å². The minimum absolute atomic E-state index is 0.445. The summed E-state index contributed by atoms with van der Waals surface area (Å²) in [5, 5.41) is 8.64. The van der Waals surface area contributed by atoms with E-state index in [-0.39, 0.29) is 0 Å². The summed E-state index contributed by atoms with van der Waals surface area (Å²) in [4.78, 5) is 0. The Morgan fingerprint density at radius 2 is 1.70 bits per heavy atom. The fraction of sp³-hybridized carbons (Fsp3) is 0.640. The summed E-state index contributed by atoms with van der Waals surface area (Å²) in [6.45, 7) is 3.19. The Balaban J connectivity index is 1.35. The van der Waals surface area contributed by atoms with Crippen LogP contribution in [0.4, 0.5) is 0 Å². The molecule has 0 amide bonds. The Morgan fingerprint density at radius 3 is 2.33 bits per heavy atom. The lowest BCUT2D eigenvalue weighted by Crippen LogP contribution is -2.25. The molecule has 0 atom stereocenters. The molecular formula is C25H35NO. The zero-order valence-corrected chi connectivity index (χ0v) is 16.9. The SMILES string of the molecule is CCCc1ccc([C@H]2CC[C@H](CO[C@H]3CC[C@H](C=CC#N)CC3)CC2)cc1. The van der Waals surface area contributed by atoms with Gasteiger partial charge < -0.3 is 4.74 Å². The van der Waals surface area contributed by atoms with E-state index in [1.807, 2.05) is 0 Å². The van der Waals surface area contributed by atoms with Gasteiger partial charge >= 0.3 is 0 Å². The van der Waals surface area contributed by atoms with Crippen molar-refractivity contribution >= 4 is 0 Å². The molecule has 2 nitrogen and oxygen atoms in total. The summed E-state index contributed by atoms with van der Waals surface area (Å²) in [5.41, 5.74) is 3.01. The van der Waals surface area contributed by atoms with Crippen molar-refractivity contribution < 1.29 is 4.74 Å². The molecule has 0 radical (unpaired) electrons. The number of benzene rings is 1. The van der Waals surface area contributed by atoms with Gasteiger partial charge in [-0.3, -0.25) is 0 Å². The largest absolute Gasteiger partial charge is 0.378 e. The molecule has 2 aliphatic rings. The van der Waals surface area contributed by atoms with Crippen molar-refractivity contribution in [1.29, 1.82) is 5.26 Å². The Labute approximate surface area is 165 Å². The van der Waals surface area contributed by atoms with Crippen molar-refractivity contribution in [3.8, 4) is 6.07 Å². The Morgan fingerprint density at radius 1 is 1.00 bits per heavy atom. The average Bonchev–Trinajstić information content (AvgIpc) is 2.73. The highest BCUT2D eigenvalue weighted by Crippen LogP contribution is 2.36. The summed E-state index contributed by atoms with van der Waals surface area (Å²) in [6.07, 6.45) is 16.5. The van der Waals surface area contributed by atoms with Crippen molar-refractivity contribution in [2.75, 3.05) is 6.61 Å². The standard InChI is InChI=1S/C25H35NO/c1-2-4-20-6-12-23(13-7-20)24-14-8-22(9-15-24)19-27-25-16-10-21(11-17-25)5-3-18-26/h3,5-7,12-13,21-22,24-25H,2,4,8-11,14-17,19H2,1H3/t21-,22-,24-,25-. The Bertz CT molecular complexity index is 611. The second kappa shape index (κ2) is 10.7. The van der Waals surface area contributed by atoms with Gasteiger partial charge in [0.15, 0.2) is 0 Å². The zero-order chi connectivity index (χ0) is 18.9. The highest BCUT2D eigenvalue weighted by atomic mass is 16.5. The van der Waals surface area contributed by atoms with Crippen LogP contribution in [-0.4, -0.2) is 12.7 Å². The van der Waals surface area contributed by atoms with Gasteiger partial charge in [0.1, 0.15) is 0 Å². The number of hydrogen-bond donors (Lipinski definition) is 0. The highest BCUT2D eigenvalue weighted by molar-refractivity contribution is 5.25. The van der Waals surface area contributed by atoms with E-state index in [9.17, 15) is 0 Å². The number of aryl methyl sites for hydroxylation is 1. The fourth-order valence-corrected chi connectivity index (χ4v) is 4.81. The smallest absolute Gasteiger partial charge is 0.0908 e. The quantitative estimate of drug-likeness (QED) is 0.512. The van der Waals surface area contributed by atoms with Crippen molar-refractivity contribution in [2.24, 2.45) is 11.8 Å². The number of allylic oxidation sites excluding steroid dienone is 2. The molecule has 27 heavy (non-hydrogen) atoms. The lowest BCUT2D eigenvalue weighted by atomic mass is 9.79. The van der Waals surface area contributed by atoms with E-state index in [0.29, 0.717) is 12.0 Å². The van der Waals surface area contributed by atoms with Crippen molar-refractivity contribution in [3.63, 3.8) is 0 Å². The topological polar surface area (TPSA) is 33.0 Å². The predicted molar refractivity (Wildman–Crippen MR) is 112 cm³/mol. The van der Waals surface area contributed by atoms with E-state index < -0.39 is 0 Å². The molecule has 0 bridgehead atoms. The van der Waals surface area contributed by atoms with Crippen LogP contribution in [0, 0.1) is 23.2 Å². The lowest BCUT2D eigenvalue weighted by Gasteiger charge is -2.32. The van der Waals surface area contributed by atoms with Gasteiger partial charge in [-0.1, -0.05) is 43.7 Å². The molecule has 0 aliphatic heterocycles. The van der Waals surface area contributed by atoms with E-state index >= 15 is 0 Å². The number of rotatable bonds is 7. The van der Waals surface area contributed by atoms with Crippen LogP contribution in [0.15, 0.2) is 36.4 Å². The van der Waals surface area contributed by atoms with Crippen LogP contribution in [0.5, 0.6) is 0 Å². The highest BCUT2D eigenvalue weighted by Gasteiger charge is 2.25. The predicted octanol–water partition coefficient (Wildman–Crippen LogP) is 6.57. The van der Waals surface area contributed by atoms with Crippen LogP contribution in [0.3, 0.4) is 0 Å². The van der Waals surface area contributed by atoms with Gasteiger partial charge in [-0.25, -0.2) is 0 Å². The summed E-state index contributed by atoms with van der Waals surface area (Å²) < 4.78 is 6.27. The first kappa shape index (κ1) is 20.2. The molecule has 1 aromatic rings. The molecule has 2 saturated carbocycles. The number of ether oxygens (including phenoxy) is 1. The monoisotopic (exact) mass is 365 g/mol. The number of nitrogens with zero attached hydrogens (tertiary/aromatic N) is 1. The molecule has 2 aliphatic carbocycles. The van der Waals surface area contributed by atoms with E-state index in [1.165, 1.54) is 62.5 Å². The molecule has 2 fully saturated rings. The van der Waals surface area contributed by atoms with Gasteiger partial charge in [0, 0.05) is 12.7 Å². The van der Waals surface area contributed by atoms with Gasteiger partial charge in [-0.05, 0) is 86.7 Å². The van der Waals surface area contributed by atoms with Crippen LogP contribution in [0.1, 0.15) is 81.8 Å². The molecule has 0 saturated heterocycles. The fourth-order valence-electron chi connectivity index (χ4n) is 4.81. The molecular weight excluding hydrogens is 330 g/mol. The maximum atomic E-state index is 8.64. The molecule has 0 spiro atoms. The Kier molecular flexibility index (Phi) is 7.96. The first-order valence-electron chi connectivity index (χ1n) is 11.0. The molecule has 146 valence electrons. The van der Waals surface area contributed by atoms with Crippen molar-refractivity contribution in [1.82, 2.24) is 0 Å². The second-order valence-electron chi connectivity index (χ2n) is 8.57. The lowest BCUT2D eigenvalue weighted by molar-refractivity contribution is -0.00456. The molecule has 0 aromatic heterocycles. The summed E-state index contributed by atoms with van der Waals surface area (Å²) in [7, 11) is 0. The average molecular weight is 366 g/mol. The van der Waals surface area contributed by atoms with Crippen LogP contribution < -0.4 is 0 Å².